The third-order valence-corrected chi connectivity index (χ3v) is 2.60. The van der Waals surface area contributed by atoms with Crippen LogP contribution >= 0.6 is 0 Å². The van der Waals surface area contributed by atoms with Gasteiger partial charge in [0, 0.05) is 25.7 Å². The molecule has 15 heavy (non-hydrogen) atoms. The van der Waals surface area contributed by atoms with Gasteiger partial charge in [0.25, 0.3) is 0 Å². The van der Waals surface area contributed by atoms with Crippen molar-refractivity contribution >= 4 is 5.82 Å². The Hall–Kier alpha value is -1.23. The molecule has 3 nitrogen and oxygen atoms in total. The maximum Gasteiger partial charge on any atom is 0.168 e. The first-order chi connectivity index (χ1) is 7.22. The van der Waals surface area contributed by atoms with Gasteiger partial charge in [-0.1, -0.05) is 0 Å². The second-order valence-electron chi connectivity index (χ2n) is 3.56. The van der Waals surface area contributed by atoms with Crippen molar-refractivity contribution in [1.82, 2.24) is 10.3 Å². The molecule has 1 aliphatic heterocycles. The molecule has 2 heterocycles. The van der Waals surface area contributed by atoms with E-state index < -0.39 is 11.6 Å². The zero-order valence-electron chi connectivity index (χ0n) is 8.50. The van der Waals surface area contributed by atoms with Crippen LogP contribution in [-0.4, -0.2) is 30.7 Å². The lowest BCUT2D eigenvalue weighted by Gasteiger charge is -2.38. The van der Waals surface area contributed by atoms with Crippen LogP contribution in [0.25, 0.3) is 0 Å². The van der Waals surface area contributed by atoms with Gasteiger partial charge in [-0.05, 0) is 6.92 Å². The highest BCUT2D eigenvalue weighted by atomic mass is 19.1. The first-order valence-corrected chi connectivity index (χ1v) is 5.00. The Bertz CT molecular complexity index is 353. The Balaban J connectivity index is 2.25. The molecule has 82 valence electrons. The Morgan fingerprint density at radius 3 is 2.73 bits per heavy atom. The van der Waals surface area contributed by atoms with Crippen molar-refractivity contribution in [3.8, 4) is 0 Å². The molecular formula is C10H13F2N3. The Kier molecular flexibility index (Phi) is 2.81. The highest BCUT2D eigenvalue weighted by molar-refractivity contribution is 5.42. The molecule has 1 fully saturated rings. The quantitative estimate of drug-likeness (QED) is 0.816. The monoisotopic (exact) mass is 213 g/mol. The van der Waals surface area contributed by atoms with Gasteiger partial charge in [-0.25, -0.2) is 13.8 Å². The summed E-state index contributed by atoms with van der Waals surface area (Å²) >= 11 is 0. The van der Waals surface area contributed by atoms with Crippen molar-refractivity contribution in [3.05, 3.63) is 23.9 Å². The molecule has 1 aromatic heterocycles. The molecule has 0 saturated carbocycles. The van der Waals surface area contributed by atoms with Gasteiger partial charge in [-0.15, -0.1) is 0 Å². The van der Waals surface area contributed by atoms with Crippen LogP contribution in [0.1, 0.15) is 6.92 Å². The van der Waals surface area contributed by atoms with Crippen LogP contribution in [-0.2, 0) is 0 Å². The lowest BCUT2D eigenvalue weighted by molar-refractivity contribution is 0.410. The predicted molar refractivity (Wildman–Crippen MR) is 53.8 cm³/mol. The van der Waals surface area contributed by atoms with Gasteiger partial charge < -0.3 is 10.2 Å². The summed E-state index contributed by atoms with van der Waals surface area (Å²) in [6.07, 6.45) is 1.05. The summed E-state index contributed by atoms with van der Waals surface area (Å²) in [7, 11) is 0. The lowest BCUT2D eigenvalue weighted by atomic mass is 10.1. The van der Waals surface area contributed by atoms with Crippen molar-refractivity contribution < 1.29 is 8.78 Å². The van der Waals surface area contributed by atoms with Gasteiger partial charge >= 0.3 is 0 Å². The minimum Gasteiger partial charge on any atom is -0.349 e. The number of halogens is 2. The highest BCUT2D eigenvalue weighted by Gasteiger charge is 2.26. The first kappa shape index (κ1) is 10.3. The minimum absolute atomic E-state index is 0.241. The Labute approximate surface area is 87.1 Å². The van der Waals surface area contributed by atoms with Gasteiger partial charge in [-0.2, -0.15) is 0 Å². The molecule has 0 unspecified atom stereocenters. The maximum absolute atomic E-state index is 13.4. The van der Waals surface area contributed by atoms with E-state index in [-0.39, 0.29) is 11.9 Å². The predicted octanol–water partition coefficient (Wildman–Crippen LogP) is 1.16. The van der Waals surface area contributed by atoms with E-state index >= 15 is 0 Å². The van der Waals surface area contributed by atoms with Crippen molar-refractivity contribution in [2.45, 2.75) is 13.0 Å². The second-order valence-corrected chi connectivity index (χ2v) is 3.56. The third kappa shape index (κ3) is 1.92. The molecule has 0 bridgehead atoms. The van der Waals surface area contributed by atoms with E-state index in [0.29, 0.717) is 6.54 Å². The number of nitrogens with zero attached hydrogens (tertiary/aromatic N) is 2. The highest BCUT2D eigenvalue weighted by Crippen LogP contribution is 2.20. The first-order valence-electron chi connectivity index (χ1n) is 5.00. The largest absolute Gasteiger partial charge is 0.349 e. The van der Waals surface area contributed by atoms with Crippen molar-refractivity contribution in [2.75, 3.05) is 24.5 Å². The number of anilines is 1. The van der Waals surface area contributed by atoms with Crippen LogP contribution in [0.3, 0.4) is 0 Å². The van der Waals surface area contributed by atoms with Crippen LogP contribution in [0.4, 0.5) is 14.6 Å². The fraction of sp³-hybridized carbons (Fsp3) is 0.500. The molecule has 0 aliphatic carbocycles. The van der Waals surface area contributed by atoms with E-state index in [4.69, 9.17) is 0 Å². The second kappa shape index (κ2) is 4.10. The topological polar surface area (TPSA) is 28.2 Å². The molecule has 1 N–H and O–H groups in total. The standard InChI is InChI=1S/C10H13F2N3/c1-2-15(8-5-13-6-8)10-9(12)3-7(11)4-14-10/h3-4,8,13H,2,5-6H2,1H3. The summed E-state index contributed by atoms with van der Waals surface area (Å²) in [5.41, 5.74) is 0. The molecule has 1 aliphatic rings. The normalized spacial score (nSPS) is 16.2. The van der Waals surface area contributed by atoms with E-state index in [0.717, 1.165) is 25.4 Å². The molecule has 0 aromatic carbocycles. The zero-order valence-corrected chi connectivity index (χ0v) is 8.50. The fourth-order valence-electron chi connectivity index (χ4n) is 1.69. The number of aromatic nitrogens is 1. The molecule has 1 aromatic rings. The fourth-order valence-corrected chi connectivity index (χ4v) is 1.69. The number of hydrogen-bond donors (Lipinski definition) is 1. The van der Waals surface area contributed by atoms with Crippen LogP contribution in [0.5, 0.6) is 0 Å². The van der Waals surface area contributed by atoms with Gasteiger partial charge in [0.1, 0.15) is 5.82 Å². The van der Waals surface area contributed by atoms with Gasteiger partial charge in [0.05, 0.1) is 12.2 Å². The van der Waals surface area contributed by atoms with Crippen LogP contribution < -0.4 is 10.2 Å². The molecule has 1 saturated heterocycles. The van der Waals surface area contributed by atoms with Crippen LogP contribution in [0.2, 0.25) is 0 Å². The number of nitrogens with one attached hydrogen (secondary N) is 1. The van der Waals surface area contributed by atoms with E-state index in [2.05, 4.69) is 10.3 Å². The summed E-state index contributed by atoms with van der Waals surface area (Å²) in [4.78, 5) is 5.65. The molecule has 0 amide bonds. The number of hydrogen-bond acceptors (Lipinski definition) is 3. The lowest BCUT2D eigenvalue weighted by Crippen LogP contribution is -2.57. The van der Waals surface area contributed by atoms with Crippen LogP contribution in [0, 0.1) is 11.6 Å². The smallest absolute Gasteiger partial charge is 0.168 e. The summed E-state index contributed by atoms with van der Waals surface area (Å²) in [6.45, 7) is 4.25. The van der Waals surface area contributed by atoms with E-state index in [9.17, 15) is 8.78 Å². The molecule has 0 radical (unpaired) electrons. The third-order valence-electron chi connectivity index (χ3n) is 2.60. The molecule has 5 heteroatoms. The number of pyridine rings is 1. The molecular weight excluding hydrogens is 200 g/mol. The maximum atomic E-state index is 13.4. The Morgan fingerprint density at radius 1 is 1.53 bits per heavy atom. The van der Waals surface area contributed by atoms with Crippen molar-refractivity contribution in [1.29, 1.82) is 0 Å². The SMILES string of the molecule is CCN(c1ncc(F)cc1F)C1CNC1. The van der Waals surface area contributed by atoms with Crippen LogP contribution in [0.15, 0.2) is 12.3 Å². The minimum atomic E-state index is -0.640. The number of likely N-dealkylation sites (N-methyl/N-ethyl adjacent to an activating group) is 1. The average Bonchev–Trinajstić information content (AvgIpc) is 2.12. The van der Waals surface area contributed by atoms with Gasteiger partial charge in [0.15, 0.2) is 11.6 Å². The summed E-state index contributed by atoms with van der Waals surface area (Å²) in [5, 5.41) is 3.11. The van der Waals surface area contributed by atoms with E-state index in [1.165, 1.54) is 0 Å². The van der Waals surface area contributed by atoms with E-state index in [1.807, 2.05) is 11.8 Å². The Morgan fingerprint density at radius 2 is 2.27 bits per heavy atom. The summed E-state index contributed by atoms with van der Waals surface area (Å²) < 4.78 is 26.1. The summed E-state index contributed by atoms with van der Waals surface area (Å²) in [5.74, 6) is -0.992. The zero-order chi connectivity index (χ0) is 10.8. The summed E-state index contributed by atoms with van der Waals surface area (Å²) in [6, 6.07) is 1.14. The average molecular weight is 213 g/mol. The van der Waals surface area contributed by atoms with Gasteiger partial charge in [-0.3, -0.25) is 0 Å². The molecule has 0 spiro atoms. The molecule has 0 atom stereocenters. The van der Waals surface area contributed by atoms with Crippen molar-refractivity contribution in [3.63, 3.8) is 0 Å². The van der Waals surface area contributed by atoms with E-state index in [1.54, 1.807) is 0 Å². The van der Waals surface area contributed by atoms with Crippen molar-refractivity contribution in [2.24, 2.45) is 0 Å². The van der Waals surface area contributed by atoms with Gasteiger partial charge in [0.2, 0.25) is 0 Å². The number of rotatable bonds is 3. The molecule has 2 rings (SSSR count).